The van der Waals surface area contributed by atoms with Crippen molar-refractivity contribution < 1.29 is 19.8 Å². The lowest BCUT2D eigenvalue weighted by molar-refractivity contribution is -0.139. The van der Waals surface area contributed by atoms with Crippen molar-refractivity contribution >= 4 is 12.0 Å². The van der Waals surface area contributed by atoms with E-state index in [-0.39, 0.29) is 24.5 Å². The van der Waals surface area contributed by atoms with E-state index >= 15 is 0 Å². The summed E-state index contributed by atoms with van der Waals surface area (Å²) >= 11 is 0. The van der Waals surface area contributed by atoms with Gasteiger partial charge in [-0.3, -0.25) is 0 Å². The summed E-state index contributed by atoms with van der Waals surface area (Å²) in [5.41, 5.74) is 0.145. The normalized spacial score (nSPS) is 21.3. The first kappa shape index (κ1) is 15.8. The number of nitrogens with one attached hydrogen (secondary N) is 1. The molecule has 1 rings (SSSR count). The van der Waals surface area contributed by atoms with Gasteiger partial charge < -0.3 is 20.4 Å². The molecular weight excluding hydrogens is 248 g/mol. The lowest BCUT2D eigenvalue weighted by Gasteiger charge is -2.27. The first-order chi connectivity index (χ1) is 8.75. The van der Waals surface area contributed by atoms with E-state index in [4.69, 9.17) is 10.2 Å². The van der Waals surface area contributed by atoms with Crippen LogP contribution in [0.5, 0.6) is 0 Å². The lowest BCUT2D eigenvalue weighted by atomic mass is 9.80. The Morgan fingerprint density at radius 1 is 1.42 bits per heavy atom. The number of carboxylic acid groups (broad SMARTS) is 1. The van der Waals surface area contributed by atoms with Gasteiger partial charge in [-0.1, -0.05) is 20.8 Å². The van der Waals surface area contributed by atoms with Crippen LogP contribution in [-0.2, 0) is 4.79 Å². The monoisotopic (exact) mass is 272 g/mol. The molecule has 1 fully saturated rings. The number of urea groups is 1. The van der Waals surface area contributed by atoms with Gasteiger partial charge in [0.05, 0.1) is 0 Å². The molecule has 0 spiro atoms. The Hall–Kier alpha value is -1.30. The Balaban J connectivity index is 2.53. The molecular formula is C13H24N2O4. The van der Waals surface area contributed by atoms with Crippen molar-refractivity contribution in [3.63, 3.8) is 0 Å². The molecule has 0 saturated carbocycles. The van der Waals surface area contributed by atoms with Crippen molar-refractivity contribution in [2.24, 2.45) is 11.3 Å². The Morgan fingerprint density at radius 3 is 2.47 bits per heavy atom. The number of hydrogen-bond acceptors (Lipinski definition) is 3. The first-order valence-electron chi connectivity index (χ1n) is 6.64. The van der Waals surface area contributed by atoms with Crippen molar-refractivity contribution in [1.82, 2.24) is 10.2 Å². The van der Waals surface area contributed by atoms with E-state index in [2.05, 4.69) is 26.1 Å². The number of likely N-dealkylation sites (tertiary alicyclic amines) is 1. The molecule has 0 bridgehead atoms. The third kappa shape index (κ3) is 4.38. The summed E-state index contributed by atoms with van der Waals surface area (Å²) in [6.45, 7) is 7.47. The zero-order chi connectivity index (χ0) is 14.6. The highest BCUT2D eigenvalue weighted by molar-refractivity contribution is 5.82. The van der Waals surface area contributed by atoms with E-state index in [1.165, 1.54) is 0 Å². The summed E-state index contributed by atoms with van der Waals surface area (Å²) in [6, 6.07) is -1.38. The molecule has 6 heteroatoms. The van der Waals surface area contributed by atoms with E-state index in [0.717, 1.165) is 6.42 Å². The number of amides is 2. The van der Waals surface area contributed by atoms with Gasteiger partial charge in [0.1, 0.15) is 6.04 Å². The number of aliphatic hydroxyl groups is 1. The Kier molecular flexibility index (Phi) is 5.17. The maximum absolute atomic E-state index is 12.0. The van der Waals surface area contributed by atoms with Gasteiger partial charge >= 0.3 is 12.0 Å². The van der Waals surface area contributed by atoms with Crippen molar-refractivity contribution in [3.8, 4) is 0 Å². The van der Waals surface area contributed by atoms with Crippen molar-refractivity contribution in [3.05, 3.63) is 0 Å². The number of rotatable bonds is 4. The predicted octanol–water partition coefficient (Wildman–Crippen LogP) is 0.900. The maximum Gasteiger partial charge on any atom is 0.326 e. The minimum absolute atomic E-state index is 0.0254. The summed E-state index contributed by atoms with van der Waals surface area (Å²) in [5, 5.41) is 20.2. The quantitative estimate of drug-likeness (QED) is 0.709. The van der Waals surface area contributed by atoms with E-state index in [0.29, 0.717) is 19.0 Å². The molecule has 110 valence electrons. The van der Waals surface area contributed by atoms with Crippen LogP contribution in [0.2, 0.25) is 0 Å². The number of carbonyl (C=O) groups excluding carboxylic acids is 1. The molecule has 0 aliphatic carbocycles. The molecule has 0 aromatic heterocycles. The average Bonchev–Trinajstić information content (AvgIpc) is 2.76. The molecule has 1 aliphatic heterocycles. The third-order valence-electron chi connectivity index (χ3n) is 3.71. The molecule has 0 radical (unpaired) electrons. The number of carboxylic acids is 1. The fourth-order valence-corrected chi connectivity index (χ4v) is 2.28. The van der Waals surface area contributed by atoms with Crippen LogP contribution in [0.1, 0.15) is 33.6 Å². The SMILES string of the molecule is CC(C)(C)C1CCN(C(=O)N[C@@H](CCO)C(=O)O)C1. The van der Waals surface area contributed by atoms with Crippen LogP contribution in [0, 0.1) is 11.3 Å². The van der Waals surface area contributed by atoms with Crippen molar-refractivity contribution in [1.29, 1.82) is 0 Å². The lowest BCUT2D eigenvalue weighted by Crippen LogP contribution is -2.47. The topological polar surface area (TPSA) is 89.9 Å². The number of hydrogen-bond donors (Lipinski definition) is 3. The average molecular weight is 272 g/mol. The molecule has 0 aromatic carbocycles. The third-order valence-corrected chi connectivity index (χ3v) is 3.71. The second-order valence-electron chi connectivity index (χ2n) is 6.15. The predicted molar refractivity (Wildman–Crippen MR) is 70.8 cm³/mol. The Labute approximate surface area is 113 Å². The molecule has 1 unspecified atom stereocenters. The molecule has 0 aromatic rings. The number of aliphatic hydroxyl groups excluding tert-OH is 1. The van der Waals surface area contributed by atoms with Crippen LogP contribution in [0.4, 0.5) is 4.79 Å². The van der Waals surface area contributed by atoms with Gasteiger partial charge in [0.2, 0.25) is 0 Å². The van der Waals surface area contributed by atoms with Gasteiger partial charge in [0, 0.05) is 26.1 Å². The summed E-state index contributed by atoms with van der Waals surface area (Å²) in [5.74, 6) is -0.687. The fourth-order valence-electron chi connectivity index (χ4n) is 2.28. The molecule has 1 heterocycles. The molecule has 3 N–H and O–H groups in total. The first-order valence-corrected chi connectivity index (χ1v) is 6.64. The fraction of sp³-hybridized carbons (Fsp3) is 0.846. The highest BCUT2D eigenvalue weighted by atomic mass is 16.4. The highest BCUT2D eigenvalue weighted by Crippen LogP contribution is 2.33. The maximum atomic E-state index is 12.0. The van der Waals surface area contributed by atoms with E-state index in [1.54, 1.807) is 4.90 Å². The summed E-state index contributed by atoms with van der Waals surface area (Å²) in [7, 11) is 0. The molecule has 1 saturated heterocycles. The van der Waals surface area contributed by atoms with Gasteiger partial charge in [0.15, 0.2) is 0 Å². The standard InChI is InChI=1S/C13H24N2O4/c1-13(2,3)9-4-6-15(8-9)12(19)14-10(5-7-16)11(17)18/h9-10,16H,4-8H2,1-3H3,(H,14,19)(H,17,18)/t9?,10-/m0/s1. The Bertz CT molecular complexity index is 338. The molecule has 2 amide bonds. The zero-order valence-electron chi connectivity index (χ0n) is 11.8. The molecule has 6 nitrogen and oxygen atoms in total. The second kappa shape index (κ2) is 6.23. The summed E-state index contributed by atoms with van der Waals surface area (Å²) < 4.78 is 0. The molecule has 19 heavy (non-hydrogen) atoms. The largest absolute Gasteiger partial charge is 0.480 e. The van der Waals surface area contributed by atoms with Crippen LogP contribution in [0.3, 0.4) is 0 Å². The van der Waals surface area contributed by atoms with Gasteiger partial charge in [-0.25, -0.2) is 9.59 Å². The van der Waals surface area contributed by atoms with Gasteiger partial charge in [-0.15, -0.1) is 0 Å². The van der Waals surface area contributed by atoms with Crippen molar-refractivity contribution in [2.75, 3.05) is 19.7 Å². The van der Waals surface area contributed by atoms with Crippen LogP contribution >= 0.6 is 0 Å². The molecule has 1 aliphatic rings. The Morgan fingerprint density at radius 2 is 2.05 bits per heavy atom. The van der Waals surface area contributed by atoms with E-state index in [9.17, 15) is 9.59 Å². The smallest absolute Gasteiger partial charge is 0.326 e. The van der Waals surface area contributed by atoms with E-state index in [1.807, 2.05) is 0 Å². The number of carbonyl (C=O) groups is 2. The molecule has 2 atom stereocenters. The second-order valence-corrected chi connectivity index (χ2v) is 6.15. The van der Waals surface area contributed by atoms with Crippen LogP contribution in [0.15, 0.2) is 0 Å². The van der Waals surface area contributed by atoms with Crippen molar-refractivity contribution in [2.45, 2.75) is 39.7 Å². The number of nitrogens with zero attached hydrogens (tertiary/aromatic N) is 1. The number of aliphatic carboxylic acids is 1. The zero-order valence-corrected chi connectivity index (χ0v) is 11.8. The van der Waals surface area contributed by atoms with Crippen LogP contribution < -0.4 is 5.32 Å². The van der Waals surface area contributed by atoms with E-state index < -0.39 is 12.0 Å². The van der Waals surface area contributed by atoms with Crippen LogP contribution in [-0.4, -0.2) is 52.9 Å². The highest BCUT2D eigenvalue weighted by Gasteiger charge is 2.34. The minimum Gasteiger partial charge on any atom is -0.480 e. The minimum atomic E-state index is -1.12. The summed E-state index contributed by atoms with van der Waals surface area (Å²) in [4.78, 5) is 24.6. The van der Waals surface area contributed by atoms with Gasteiger partial charge in [-0.2, -0.15) is 0 Å². The van der Waals surface area contributed by atoms with Crippen LogP contribution in [0.25, 0.3) is 0 Å². The summed E-state index contributed by atoms with van der Waals surface area (Å²) in [6.07, 6.45) is 0.965. The van der Waals surface area contributed by atoms with Gasteiger partial charge in [-0.05, 0) is 17.8 Å². The van der Waals surface area contributed by atoms with Gasteiger partial charge in [0.25, 0.3) is 0 Å².